The highest BCUT2D eigenvalue weighted by Crippen LogP contribution is 2.38. The maximum absolute atomic E-state index is 6.49. The minimum atomic E-state index is -0.536. The molecule has 1 aliphatic carbocycles. The molecule has 2 aliphatic heterocycles. The van der Waals surface area contributed by atoms with Crippen LogP contribution in [0.1, 0.15) is 31.2 Å². The van der Waals surface area contributed by atoms with E-state index in [0.717, 1.165) is 13.0 Å². The Hall–Kier alpha value is -1.46. The molecule has 4 heteroatoms. The fourth-order valence-electron chi connectivity index (χ4n) is 4.11. The van der Waals surface area contributed by atoms with Gasteiger partial charge in [0.2, 0.25) is 0 Å². The van der Waals surface area contributed by atoms with Gasteiger partial charge in [0.1, 0.15) is 5.60 Å². The number of ether oxygens (including phenoxy) is 3. The van der Waals surface area contributed by atoms with Gasteiger partial charge in [-0.15, -0.1) is 0 Å². The number of likely N-dealkylation sites (tertiary alicyclic amines) is 1. The largest absolute Gasteiger partial charge is 0.364 e. The molecule has 1 aromatic rings. The van der Waals surface area contributed by atoms with E-state index in [1.165, 1.54) is 43.5 Å². The van der Waals surface area contributed by atoms with Crippen LogP contribution < -0.4 is 0 Å². The van der Waals surface area contributed by atoms with Crippen molar-refractivity contribution in [2.24, 2.45) is 0 Å². The molecule has 3 aliphatic rings. The van der Waals surface area contributed by atoms with Crippen LogP contribution in [0.25, 0.3) is 5.57 Å². The SMILES string of the molecule is C1=CC(OCCN2CCCCC2)(C2OCCO2)CC(c2ccccc2)=C1. The van der Waals surface area contributed by atoms with Gasteiger partial charge in [-0.2, -0.15) is 0 Å². The van der Waals surface area contributed by atoms with Gasteiger partial charge in [-0.3, -0.25) is 0 Å². The van der Waals surface area contributed by atoms with Gasteiger partial charge in [0.15, 0.2) is 6.29 Å². The summed E-state index contributed by atoms with van der Waals surface area (Å²) in [6.07, 6.45) is 10.8. The van der Waals surface area contributed by atoms with Gasteiger partial charge in [0, 0.05) is 13.0 Å². The molecule has 4 nitrogen and oxygen atoms in total. The standard InChI is InChI=1S/C22H29NO3/c1-3-8-19(9-4-1)20-10-7-11-22(18-20,21-24-16-17-25-21)26-15-14-23-12-5-2-6-13-23/h1,3-4,7-11,21H,2,5-6,12-18H2. The van der Waals surface area contributed by atoms with Gasteiger partial charge in [0.25, 0.3) is 0 Å². The Bertz CT molecular complexity index is 630. The minimum Gasteiger partial charge on any atom is -0.364 e. The quantitative estimate of drug-likeness (QED) is 0.779. The zero-order chi connectivity index (χ0) is 17.7. The molecule has 0 aromatic heterocycles. The van der Waals surface area contributed by atoms with Crippen molar-refractivity contribution in [2.75, 3.05) is 39.5 Å². The number of nitrogens with zero attached hydrogens (tertiary/aromatic N) is 1. The number of piperidine rings is 1. The molecule has 2 saturated heterocycles. The van der Waals surface area contributed by atoms with Gasteiger partial charge in [0.05, 0.1) is 19.8 Å². The summed E-state index contributed by atoms with van der Waals surface area (Å²) in [4.78, 5) is 2.51. The maximum Gasteiger partial charge on any atom is 0.190 e. The fourth-order valence-corrected chi connectivity index (χ4v) is 4.11. The molecule has 140 valence electrons. The molecule has 0 radical (unpaired) electrons. The lowest BCUT2D eigenvalue weighted by Crippen LogP contribution is -2.46. The van der Waals surface area contributed by atoms with Crippen LogP contribution in [-0.4, -0.2) is 56.2 Å². The number of benzene rings is 1. The molecule has 0 amide bonds. The minimum absolute atomic E-state index is 0.326. The van der Waals surface area contributed by atoms with Gasteiger partial charge < -0.3 is 19.1 Å². The lowest BCUT2D eigenvalue weighted by Gasteiger charge is -2.38. The summed E-state index contributed by atoms with van der Waals surface area (Å²) in [6, 6.07) is 10.5. The molecule has 1 aromatic carbocycles. The van der Waals surface area contributed by atoms with E-state index >= 15 is 0 Å². The van der Waals surface area contributed by atoms with E-state index in [4.69, 9.17) is 14.2 Å². The number of allylic oxidation sites excluding steroid dienone is 2. The smallest absolute Gasteiger partial charge is 0.190 e. The van der Waals surface area contributed by atoms with Crippen molar-refractivity contribution in [3.8, 4) is 0 Å². The molecule has 1 unspecified atom stereocenters. The first-order valence-corrected chi connectivity index (χ1v) is 9.89. The van der Waals surface area contributed by atoms with Crippen LogP contribution in [0.4, 0.5) is 0 Å². The predicted octanol–water partition coefficient (Wildman–Crippen LogP) is 3.64. The van der Waals surface area contributed by atoms with Crippen LogP contribution in [0.3, 0.4) is 0 Å². The first-order valence-electron chi connectivity index (χ1n) is 9.89. The number of rotatable bonds is 6. The normalized spacial score (nSPS) is 27.6. The van der Waals surface area contributed by atoms with E-state index in [2.05, 4.69) is 47.4 Å². The van der Waals surface area contributed by atoms with E-state index in [1.807, 2.05) is 6.07 Å². The molecule has 0 N–H and O–H groups in total. The summed E-state index contributed by atoms with van der Waals surface area (Å²) in [7, 11) is 0. The lowest BCUT2D eigenvalue weighted by atomic mass is 9.85. The molecule has 26 heavy (non-hydrogen) atoms. The summed E-state index contributed by atoms with van der Waals surface area (Å²) in [5, 5.41) is 0. The predicted molar refractivity (Wildman–Crippen MR) is 103 cm³/mol. The molecule has 0 saturated carbocycles. The van der Waals surface area contributed by atoms with Crippen LogP contribution >= 0.6 is 0 Å². The van der Waals surface area contributed by atoms with E-state index in [-0.39, 0.29) is 6.29 Å². The first-order chi connectivity index (χ1) is 12.9. The molecule has 4 rings (SSSR count). The first kappa shape index (κ1) is 17.9. The third-order valence-corrected chi connectivity index (χ3v) is 5.53. The van der Waals surface area contributed by atoms with Gasteiger partial charge >= 0.3 is 0 Å². The summed E-state index contributed by atoms with van der Waals surface area (Å²) in [5.41, 5.74) is 1.97. The summed E-state index contributed by atoms with van der Waals surface area (Å²) >= 11 is 0. The second kappa shape index (κ2) is 8.49. The van der Waals surface area contributed by atoms with Gasteiger partial charge in [-0.05, 0) is 43.1 Å². The van der Waals surface area contributed by atoms with Crippen LogP contribution in [0.2, 0.25) is 0 Å². The van der Waals surface area contributed by atoms with Crippen molar-refractivity contribution < 1.29 is 14.2 Å². The number of hydrogen-bond acceptors (Lipinski definition) is 4. The van der Waals surface area contributed by atoms with Gasteiger partial charge in [-0.1, -0.05) is 48.9 Å². The molecule has 0 spiro atoms. The van der Waals surface area contributed by atoms with Crippen LogP contribution in [0.15, 0.2) is 48.6 Å². The molecular formula is C22H29NO3. The zero-order valence-corrected chi connectivity index (χ0v) is 15.4. The Labute approximate surface area is 156 Å². The van der Waals surface area contributed by atoms with Crippen molar-refractivity contribution in [1.82, 2.24) is 4.90 Å². The zero-order valence-electron chi connectivity index (χ0n) is 15.4. The Kier molecular flexibility index (Phi) is 5.85. The van der Waals surface area contributed by atoms with Crippen molar-refractivity contribution in [2.45, 2.75) is 37.6 Å². The van der Waals surface area contributed by atoms with E-state index in [1.54, 1.807) is 0 Å². The summed E-state index contributed by atoms with van der Waals surface area (Å²) in [6.45, 7) is 5.35. The number of hydrogen-bond donors (Lipinski definition) is 0. The monoisotopic (exact) mass is 355 g/mol. The van der Waals surface area contributed by atoms with E-state index in [0.29, 0.717) is 19.8 Å². The molecule has 2 heterocycles. The van der Waals surface area contributed by atoms with Crippen LogP contribution in [-0.2, 0) is 14.2 Å². The third kappa shape index (κ3) is 4.09. The summed E-state index contributed by atoms with van der Waals surface area (Å²) in [5.74, 6) is 0. The van der Waals surface area contributed by atoms with Crippen molar-refractivity contribution in [3.05, 3.63) is 54.1 Å². The molecule has 2 fully saturated rings. The van der Waals surface area contributed by atoms with E-state index in [9.17, 15) is 0 Å². The van der Waals surface area contributed by atoms with E-state index < -0.39 is 5.60 Å². The topological polar surface area (TPSA) is 30.9 Å². The Morgan fingerprint density at radius 3 is 2.58 bits per heavy atom. The molecular weight excluding hydrogens is 326 g/mol. The highest BCUT2D eigenvalue weighted by molar-refractivity contribution is 5.69. The van der Waals surface area contributed by atoms with Crippen LogP contribution in [0, 0.1) is 0 Å². The van der Waals surface area contributed by atoms with Crippen molar-refractivity contribution >= 4 is 5.57 Å². The second-order valence-corrected chi connectivity index (χ2v) is 7.37. The molecule has 0 bridgehead atoms. The summed E-state index contributed by atoms with van der Waals surface area (Å²) < 4.78 is 18.3. The Morgan fingerprint density at radius 1 is 1.04 bits per heavy atom. The highest BCUT2D eigenvalue weighted by Gasteiger charge is 2.43. The maximum atomic E-state index is 6.49. The molecule has 1 atom stereocenters. The van der Waals surface area contributed by atoms with Crippen molar-refractivity contribution in [3.63, 3.8) is 0 Å². The third-order valence-electron chi connectivity index (χ3n) is 5.53. The Balaban J connectivity index is 1.45. The fraction of sp³-hybridized carbons (Fsp3) is 0.545. The second-order valence-electron chi connectivity index (χ2n) is 7.37. The van der Waals surface area contributed by atoms with Crippen molar-refractivity contribution in [1.29, 1.82) is 0 Å². The van der Waals surface area contributed by atoms with Crippen LogP contribution in [0.5, 0.6) is 0 Å². The average Bonchev–Trinajstić information content (AvgIpc) is 3.25. The Morgan fingerprint density at radius 2 is 1.81 bits per heavy atom. The highest BCUT2D eigenvalue weighted by atomic mass is 16.7. The van der Waals surface area contributed by atoms with Gasteiger partial charge in [-0.25, -0.2) is 0 Å². The lowest BCUT2D eigenvalue weighted by molar-refractivity contribution is -0.182. The average molecular weight is 355 g/mol.